The number of anilines is 1. The van der Waals surface area contributed by atoms with E-state index in [0.717, 1.165) is 18.4 Å². The molecule has 0 saturated carbocycles. The number of halogens is 2. The van der Waals surface area contributed by atoms with Gasteiger partial charge in [0.2, 0.25) is 5.91 Å². The molecule has 2 fully saturated rings. The average Bonchev–Trinajstić information content (AvgIpc) is 3.14. The molecule has 5 heterocycles. The molecule has 8 nitrogen and oxygen atoms in total. The predicted molar refractivity (Wildman–Crippen MR) is 128 cm³/mol. The second kappa shape index (κ2) is 8.47. The average molecular weight is 483 g/mol. The van der Waals surface area contributed by atoms with Crippen molar-refractivity contribution in [3.8, 4) is 5.69 Å². The molecule has 0 unspecified atom stereocenters. The van der Waals surface area contributed by atoms with Gasteiger partial charge in [-0.1, -0.05) is 18.2 Å². The summed E-state index contributed by atoms with van der Waals surface area (Å²) < 4.78 is 15.9. The van der Waals surface area contributed by atoms with Crippen LogP contribution in [0.4, 0.5) is 10.2 Å². The van der Waals surface area contributed by atoms with Crippen LogP contribution >= 0.6 is 11.6 Å². The van der Waals surface area contributed by atoms with E-state index in [4.69, 9.17) is 11.6 Å². The Bertz CT molecular complexity index is 1380. The van der Waals surface area contributed by atoms with Gasteiger partial charge in [-0.2, -0.15) is 4.98 Å². The number of piperidine rings is 1. The van der Waals surface area contributed by atoms with Crippen molar-refractivity contribution in [1.82, 2.24) is 24.4 Å². The molecular weight excluding hydrogens is 459 g/mol. The molecule has 0 atom stereocenters. The highest BCUT2D eigenvalue weighted by molar-refractivity contribution is 6.30. The van der Waals surface area contributed by atoms with E-state index in [9.17, 15) is 14.0 Å². The maximum Gasteiger partial charge on any atom is 0.355 e. The van der Waals surface area contributed by atoms with Gasteiger partial charge in [-0.3, -0.25) is 9.78 Å². The molecule has 3 aromatic heterocycles. The van der Waals surface area contributed by atoms with Gasteiger partial charge < -0.3 is 9.80 Å². The van der Waals surface area contributed by atoms with Crippen molar-refractivity contribution in [2.24, 2.45) is 0 Å². The number of hydrogen-bond donors (Lipinski definition) is 0. The Morgan fingerprint density at radius 3 is 2.53 bits per heavy atom. The molecule has 34 heavy (non-hydrogen) atoms. The second-order valence-corrected chi connectivity index (χ2v) is 9.18. The predicted octanol–water partition coefficient (Wildman–Crippen LogP) is 3.34. The maximum atomic E-state index is 14.5. The molecule has 0 N–H and O–H groups in total. The molecule has 0 aromatic carbocycles. The third-order valence-electron chi connectivity index (χ3n) is 6.71. The van der Waals surface area contributed by atoms with E-state index in [2.05, 4.69) is 21.5 Å². The van der Waals surface area contributed by atoms with Crippen LogP contribution in [0.25, 0.3) is 16.7 Å². The van der Waals surface area contributed by atoms with Crippen molar-refractivity contribution in [3.05, 3.63) is 63.2 Å². The highest BCUT2D eigenvalue weighted by atomic mass is 35.5. The fourth-order valence-corrected chi connectivity index (χ4v) is 5.09. The number of rotatable bonds is 3. The topological polar surface area (TPSA) is 84.2 Å². The Morgan fingerprint density at radius 2 is 1.88 bits per heavy atom. The molecular formula is C24H24ClFN6O2. The number of hydrogen-bond acceptors (Lipinski definition) is 6. The van der Waals surface area contributed by atoms with Crippen LogP contribution in [0.15, 0.2) is 35.3 Å². The van der Waals surface area contributed by atoms with Crippen molar-refractivity contribution >= 4 is 34.4 Å². The quantitative estimate of drug-likeness (QED) is 0.420. The number of carbonyl (C=O) groups is 1. The molecule has 176 valence electrons. The van der Waals surface area contributed by atoms with Crippen LogP contribution in [0.2, 0.25) is 5.15 Å². The number of nitrogens with zero attached hydrogens (tertiary/aromatic N) is 6. The first-order valence-electron chi connectivity index (χ1n) is 11.2. The first-order chi connectivity index (χ1) is 16.3. The van der Waals surface area contributed by atoms with Gasteiger partial charge in [0.05, 0.1) is 16.8 Å². The van der Waals surface area contributed by atoms with Crippen LogP contribution < -0.4 is 10.6 Å². The van der Waals surface area contributed by atoms with E-state index >= 15 is 0 Å². The summed E-state index contributed by atoms with van der Waals surface area (Å²) in [4.78, 5) is 42.4. The van der Waals surface area contributed by atoms with E-state index in [0.29, 0.717) is 54.2 Å². The molecule has 2 aliphatic heterocycles. The number of carbonyl (C=O) groups excluding carboxylic acids is 1. The van der Waals surface area contributed by atoms with E-state index < -0.39 is 11.5 Å². The Balaban J connectivity index is 1.57. The fourth-order valence-electron chi connectivity index (χ4n) is 4.96. The van der Waals surface area contributed by atoms with Crippen LogP contribution in [0.5, 0.6) is 0 Å². The monoisotopic (exact) mass is 482 g/mol. The summed E-state index contributed by atoms with van der Waals surface area (Å²) in [5.74, 6) is -0.292. The lowest BCUT2D eigenvalue weighted by Gasteiger charge is -2.37. The normalized spacial score (nSPS) is 17.3. The highest BCUT2D eigenvalue weighted by Crippen LogP contribution is 2.31. The van der Waals surface area contributed by atoms with E-state index in [1.54, 1.807) is 19.2 Å². The summed E-state index contributed by atoms with van der Waals surface area (Å²) in [7, 11) is 0. The lowest BCUT2D eigenvalue weighted by molar-refractivity contribution is -0.127. The standard InChI is InChI=1S/C24H24ClFN6O2/c1-13-4-8-27-15(3)19(13)32-22-17(12-18(26)20(25)28-22)21(29-24(32)34)30-9-6-16(7-10-30)31-11-5-14(2)23(31)33/h4,8,12,16H,2,5-7,9-11H2,1,3H3. The SMILES string of the molecule is C=C1CCN(C2CCN(c3nc(=O)n(-c4c(C)ccnc4C)c4nc(Cl)c(F)cc34)CC2)C1=O. The van der Waals surface area contributed by atoms with Gasteiger partial charge in [0, 0.05) is 37.4 Å². The van der Waals surface area contributed by atoms with Crippen molar-refractivity contribution < 1.29 is 9.18 Å². The van der Waals surface area contributed by atoms with Crippen LogP contribution in [0, 0.1) is 19.7 Å². The minimum atomic E-state index is -0.682. The Hall–Kier alpha value is -3.33. The lowest BCUT2D eigenvalue weighted by Crippen LogP contribution is -2.46. The summed E-state index contributed by atoms with van der Waals surface area (Å²) in [6.07, 6.45) is 3.79. The Labute approximate surface area is 200 Å². The fraction of sp³-hybridized carbons (Fsp3) is 0.375. The zero-order valence-corrected chi connectivity index (χ0v) is 19.8. The van der Waals surface area contributed by atoms with Gasteiger partial charge in [-0.15, -0.1) is 0 Å². The molecule has 0 radical (unpaired) electrons. The number of likely N-dealkylation sites (tertiary alicyclic amines) is 1. The molecule has 0 aliphatic carbocycles. The summed E-state index contributed by atoms with van der Waals surface area (Å²) in [5, 5.41) is 0.0803. The van der Waals surface area contributed by atoms with Gasteiger partial charge in [-0.05, 0) is 50.8 Å². The van der Waals surface area contributed by atoms with Gasteiger partial charge in [-0.25, -0.2) is 18.7 Å². The zero-order chi connectivity index (χ0) is 24.1. The Morgan fingerprint density at radius 1 is 1.15 bits per heavy atom. The summed E-state index contributed by atoms with van der Waals surface area (Å²) >= 11 is 6.04. The molecule has 5 rings (SSSR count). The van der Waals surface area contributed by atoms with Crippen molar-refractivity contribution in [2.75, 3.05) is 24.5 Å². The second-order valence-electron chi connectivity index (χ2n) is 8.82. The third-order valence-corrected chi connectivity index (χ3v) is 6.98. The summed E-state index contributed by atoms with van der Waals surface area (Å²) in [5.41, 5.74) is 2.33. The molecule has 10 heteroatoms. The highest BCUT2D eigenvalue weighted by Gasteiger charge is 2.34. The number of aryl methyl sites for hydroxylation is 2. The van der Waals surface area contributed by atoms with Crippen LogP contribution in [-0.4, -0.2) is 56.0 Å². The Kier molecular flexibility index (Phi) is 5.59. The molecule has 3 aromatic rings. The molecule has 0 bridgehead atoms. The molecule has 2 saturated heterocycles. The van der Waals surface area contributed by atoms with E-state index in [1.165, 1.54) is 10.6 Å². The van der Waals surface area contributed by atoms with E-state index in [1.807, 2.05) is 16.7 Å². The zero-order valence-electron chi connectivity index (χ0n) is 19.0. The van der Waals surface area contributed by atoms with E-state index in [-0.39, 0.29) is 22.7 Å². The number of fused-ring (bicyclic) bond motifs is 1. The first kappa shape index (κ1) is 22.5. The summed E-state index contributed by atoms with van der Waals surface area (Å²) in [6, 6.07) is 3.18. The van der Waals surface area contributed by atoms with Crippen molar-refractivity contribution in [3.63, 3.8) is 0 Å². The van der Waals surface area contributed by atoms with Crippen molar-refractivity contribution in [1.29, 1.82) is 0 Å². The van der Waals surface area contributed by atoms with Gasteiger partial charge in [0.25, 0.3) is 0 Å². The number of amides is 1. The first-order valence-corrected chi connectivity index (χ1v) is 11.6. The largest absolute Gasteiger partial charge is 0.356 e. The van der Waals surface area contributed by atoms with Crippen LogP contribution in [0.1, 0.15) is 30.5 Å². The van der Waals surface area contributed by atoms with Gasteiger partial charge in [0.15, 0.2) is 16.6 Å². The molecule has 1 amide bonds. The maximum absolute atomic E-state index is 14.5. The smallest absolute Gasteiger partial charge is 0.355 e. The molecule has 0 spiro atoms. The van der Waals surface area contributed by atoms with Crippen molar-refractivity contribution in [2.45, 2.75) is 39.2 Å². The third kappa shape index (κ3) is 3.64. The lowest BCUT2D eigenvalue weighted by atomic mass is 10.0. The van der Waals surface area contributed by atoms with Crippen LogP contribution in [-0.2, 0) is 4.79 Å². The van der Waals surface area contributed by atoms with Crippen LogP contribution in [0.3, 0.4) is 0 Å². The molecule has 2 aliphatic rings. The van der Waals surface area contributed by atoms with Gasteiger partial charge >= 0.3 is 5.69 Å². The summed E-state index contributed by atoms with van der Waals surface area (Å²) in [6.45, 7) is 9.33. The number of pyridine rings is 2. The number of aromatic nitrogens is 4. The van der Waals surface area contributed by atoms with Gasteiger partial charge in [0.1, 0.15) is 5.82 Å². The minimum Gasteiger partial charge on any atom is -0.356 e. The minimum absolute atomic E-state index is 0.0211.